The average Bonchev–Trinajstić information content (AvgIpc) is 2.58. The topological polar surface area (TPSA) is 29.5 Å². The van der Waals surface area contributed by atoms with E-state index in [0.29, 0.717) is 18.6 Å². The number of ether oxygens (including phenoxy) is 1. The van der Waals surface area contributed by atoms with E-state index in [1.165, 1.54) is 11.1 Å². The van der Waals surface area contributed by atoms with E-state index in [4.69, 9.17) is 4.74 Å². The van der Waals surface area contributed by atoms with Crippen LogP contribution in [0, 0.1) is 11.8 Å². The number of piperidine rings is 2. The molecule has 122 valence electrons. The predicted molar refractivity (Wildman–Crippen MR) is 90.2 cm³/mol. The fourth-order valence-electron chi connectivity index (χ4n) is 5.56. The lowest BCUT2D eigenvalue weighted by Crippen LogP contribution is -2.69. The highest BCUT2D eigenvalue weighted by Crippen LogP contribution is 2.58. The number of carbonyl (C=O) groups excluding carboxylic acids is 1. The third-order valence-corrected chi connectivity index (χ3v) is 6.59. The van der Waals surface area contributed by atoms with Gasteiger partial charge in [0, 0.05) is 17.5 Å². The number of hydrogen-bond donors (Lipinski definition) is 0. The van der Waals surface area contributed by atoms with E-state index in [-0.39, 0.29) is 23.3 Å². The molecule has 0 amide bonds. The third kappa shape index (κ3) is 1.89. The molecule has 3 unspecified atom stereocenters. The van der Waals surface area contributed by atoms with Crippen LogP contribution in [0.3, 0.4) is 0 Å². The number of allylic oxidation sites excluding steroid dienone is 1. The second kappa shape index (κ2) is 5.20. The Morgan fingerprint density at radius 2 is 2.22 bits per heavy atom. The summed E-state index contributed by atoms with van der Waals surface area (Å²) < 4.78 is 5.35. The van der Waals surface area contributed by atoms with Gasteiger partial charge in [0.05, 0.1) is 12.5 Å². The molecule has 4 aliphatic rings. The van der Waals surface area contributed by atoms with Gasteiger partial charge in [-0.05, 0) is 50.3 Å². The quantitative estimate of drug-likeness (QED) is 0.635. The summed E-state index contributed by atoms with van der Waals surface area (Å²) in [7, 11) is 2.19. The van der Waals surface area contributed by atoms with Crippen LogP contribution in [0.1, 0.15) is 30.9 Å². The van der Waals surface area contributed by atoms with E-state index in [1.54, 1.807) is 0 Å². The Labute approximate surface area is 138 Å². The lowest BCUT2D eigenvalue weighted by molar-refractivity contribution is -0.162. The smallest absolute Gasteiger partial charge is 0.310 e. The minimum atomic E-state index is -0.0145. The molecule has 1 aromatic rings. The van der Waals surface area contributed by atoms with Gasteiger partial charge in [0.1, 0.15) is 0 Å². The standard InChI is InChI=1S/C20H25NO2/c1-4-20-12-18-14(19(22)23-5-2)11-16(20)17(21(18)3)10-13-8-6-7-9-15(13)20/h4,6-9,14,16-18H,1,5,10-12H2,2-3H3/t14-,16?,17?,18?,20-/m0/s1. The van der Waals surface area contributed by atoms with E-state index >= 15 is 0 Å². The summed E-state index contributed by atoms with van der Waals surface area (Å²) in [4.78, 5) is 14.9. The molecule has 0 N–H and O–H groups in total. The molecule has 0 spiro atoms. The number of likely N-dealkylation sites (N-methyl/N-ethyl adjacent to an activating group) is 1. The van der Waals surface area contributed by atoms with Crippen molar-refractivity contribution < 1.29 is 9.53 Å². The number of rotatable bonds is 3. The van der Waals surface area contributed by atoms with Crippen LogP contribution in [0.5, 0.6) is 0 Å². The summed E-state index contributed by atoms with van der Waals surface area (Å²) in [6.45, 7) is 6.57. The molecule has 5 rings (SSSR count). The average molecular weight is 311 g/mol. The van der Waals surface area contributed by atoms with Crippen molar-refractivity contribution in [3.05, 3.63) is 48.0 Å². The Balaban J connectivity index is 1.78. The fourth-order valence-corrected chi connectivity index (χ4v) is 5.56. The SMILES string of the molecule is C=C[C@@]12CC3[C@@H](C(=O)OCC)CC1C(Cc1ccccc12)N3C. The van der Waals surface area contributed by atoms with Gasteiger partial charge in [-0.2, -0.15) is 0 Å². The molecule has 23 heavy (non-hydrogen) atoms. The molecule has 3 nitrogen and oxygen atoms in total. The summed E-state index contributed by atoms with van der Waals surface area (Å²) in [6.07, 6.45) is 5.16. The predicted octanol–water partition coefficient (Wildman–Crippen LogP) is 2.94. The van der Waals surface area contributed by atoms with Crippen molar-refractivity contribution in [1.29, 1.82) is 0 Å². The zero-order valence-corrected chi connectivity index (χ0v) is 14.0. The molecule has 3 fully saturated rings. The Morgan fingerprint density at radius 1 is 1.43 bits per heavy atom. The number of nitrogens with zero attached hydrogens (tertiary/aromatic N) is 1. The van der Waals surface area contributed by atoms with E-state index < -0.39 is 0 Å². The summed E-state index contributed by atoms with van der Waals surface area (Å²) in [5.41, 5.74) is 2.92. The fraction of sp³-hybridized carbons (Fsp3) is 0.550. The maximum Gasteiger partial charge on any atom is 0.310 e. The van der Waals surface area contributed by atoms with Gasteiger partial charge in [-0.25, -0.2) is 0 Å². The third-order valence-electron chi connectivity index (χ3n) is 6.59. The van der Waals surface area contributed by atoms with Gasteiger partial charge in [-0.3, -0.25) is 9.69 Å². The van der Waals surface area contributed by atoms with Crippen molar-refractivity contribution in [2.75, 3.05) is 13.7 Å². The lowest BCUT2D eigenvalue weighted by atomic mass is 9.49. The van der Waals surface area contributed by atoms with Crippen LogP contribution >= 0.6 is 0 Å². The van der Waals surface area contributed by atoms with Crippen LogP contribution in [0.2, 0.25) is 0 Å². The molecule has 2 saturated heterocycles. The first-order chi connectivity index (χ1) is 11.1. The van der Waals surface area contributed by atoms with Crippen molar-refractivity contribution in [2.45, 2.75) is 43.7 Å². The number of hydrogen-bond acceptors (Lipinski definition) is 3. The van der Waals surface area contributed by atoms with Crippen molar-refractivity contribution in [2.24, 2.45) is 11.8 Å². The van der Waals surface area contributed by atoms with E-state index in [0.717, 1.165) is 19.3 Å². The Bertz CT molecular complexity index is 655. The van der Waals surface area contributed by atoms with E-state index in [9.17, 15) is 4.79 Å². The first-order valence-electron chi connectivity index (χ1n) is 8.73. The van der Waals surface area contributed by atoms with E-state index in [2.05, 4.69) is 48.9 Å². The molecule has 2 aliphatic heterocycles. The van der Waals surface area contributed by atoms with Crippen LogP contribution < -0.4 is 0 Å². The second-order valence-electron chi connectivity index (χ2n) is 7.31. The zero-order chi connectivity index (χ0) is 16.2. The Hall–Kier alpha value is -1.61. The molecule has 0 aromatic heterocycles. The molecule has 2 heterocycles. The molecule has 5 atom stereocenters. The van der Waals surface area contributed by atoms with E-state index in [1.807, 2.05) is 6.92 Å². The summed E-state index contributed by atoms with van der Waals surface area (Å²) in [5, 5.41) is 0. The van der Waals surface area contributed by atoms with Crippen LogP contribution in [-0.4, -0.2) is 36.6 Å². The first kappa shape index (κ1) is 14.9. The number of benzene rings is 1. The molecular weight excluding hydrogens is 286 g/mol. The molecule has 0 radical (unpaired) electrons. The lowest BCUT2D eigenvalue weighted by Gasteiger charge is -2.63. The van der Waals surface area contributed by atoms with Crippen LogP contribution in [-0.2, 0) is 21.4 Å². The monoisotopic (exact) mass is 311 g/mol. The van der Waals surface area contributed by atoms with Gasteiger partial charge in [-0.1, -0.05) is 30.3 Å². The molecule has 2 aliphatic carbocycles. The highest BCUT2D eigenvalue weighted by Gasteiger charge is 2.61. The molecule has 1 aromatic carbocycles. The molecule has 1 saturated carbocycles. The normalized spacial score (nSPS) is 38.0. The maximum absolute atomic E-state index is 12.4. The number of esters is 1. The largest absolute Gasteiger partial charge is 0.466 e. The first-order valence-corrected chi connectivity index (χ1v) is 8.73. The summed E-state index contributed by atoms with van der Waals surface area (Å²) in [5.74, 6) is 0.457. The van der Waals surface area contributed by atoms with Crippen LogP contribution in [0.4, 0.5) is 0 Å². The van der Waals surface area contributed by atoms with Gasteiger partial charge in [0.2, 0.25) is 0 Å². The minimum Gasteiger partial charge on any atom is -0.466 e. The van der Waals surface area contributed by atoms with Gasteiger partial charge < -0.3 is 4.74 Å². The zero-order valence-electron chi connectivity index (χ0n) is 14.0. The Morgan fingerprint density at radius 3 is 2.96 bits per heavy atom. The summed E-state index contributed by atoms with van der Waals surface area (Å²) in [6, 6.07) is 9.57. The highest BCUT2D eigenvalue weighted by molar-refractivity contribution is 5.74. The van der Waals surface area contributed by atoms with Crippen molar-refractivity contribution in [3.63, 3.8) is 0 Å². The van der Waals surface area contributed by atoms with Crippen molar-refractivity contribution in [1.82, 2.24) is 4.90 Å². The van der Waals surface area contributed by atoms with Gasteiger partial charge >= 0.3 is 5.97 Å². The van der Waals surface area contributed by atoms with Gasteiger partial charge in [0.15, 0.2) is 0 Å². The second-order valence-corrected chi connectivity index (χ2v) is 7.31. The van der Waals surface area contributed by atoms with Crippen LogP contribution in [0.25, 0.3) is 0 Å². The van der Waals surface area contributed by atoms with Crippen LogP contribution in [0.15, 0.2) is 36.9 Å². The van der Waals surface area contributed by atoms with Crippen molar-refractivity contribution in [3.8, 4) is 0 Å². The molecule has 4 bridgehead atoms. The highest BCUT2D eigenvalue weighted by atomic mass is 16.5. The Kier molecular flexibility index (Phi) is 3.38. The molecule has 3 heteroatoms. The van der Waals surface area contributed by atoms with Gasteiger partial charge in [-0.15, -0.1) is 6.58 Å². The van der Waals surface area contributed by atoms with Crippen molar-refractivity contribution >= 4 is 5.97 Å². The molecular formula is C20H25NO2. The maximum atomic E-state index is 12.4. The summed E-state index contributed by atoms with van der Waals surface area (Å²) >= 11 is 0. The van der Waals surface area contributed by atoms with Gasteiger partial charge in [0.25, 0.3) is 0 Å². The number of fused-ring (bicyclic) bond motifs is 2. The number of carbonyl (C=O) groups is 1. The minimum absolute atomic E-state index is 0.0135.